The van der Waals surface area contributed by atoms with Crippen molar-refractivity contribution in [3.63, 3.8) is 0 Å². The lowest BCUT2D eigenvalue weighted by Crippen LogP contribution is -2.37. The normalized spacial score (nSPS) is 12.3. The summed E-state index contributed by atoms with van der Waals surface area (Å²) in [6, 6.07) is 5.29. The molecular weight excluding hydrogens is 230 g/mol. The standard InChI is InChI=1S/C14H21NO3/c1-9(2)11-6-5-10(3)7-13(11)18-8-12(15)14(16)17-4/h5-7,9,12H,8,15H2,1-4H3. The zero-order valence-electron chi connectivity index (χ0n) is 11.4. The average Bonchev–Trinajstić information content (AvgIpc) is 2.34. The first kappa shape index (κ1) is 14.5. The third-order valence-corrected chi connectivity index (χ3v) is 2.71. The first-order chi connectivity index (χ1) is 8.45. The molecule has 0 radical (unpaired) electrons. The van der Waals surface area contributed by atoms with Crippen LogP contribution in [0.5, 0.6) is 5.75 Å². The van der Waals surface area contributed by atoms with Crippen LogP contribution in [-0.4, -0.2) is 25.7 Å². The van der Waals surface area contributed by atoms with Crippen LogP contribution in [0.25, 0.3) is 0 Å². The predicted molar refractivity (Wildman–Crippen MR) is 70.8 cm³/mol. The van der Waals surface area contributed by atoms with Gasteiger partial charge in [-0.1, -0.05) is 26.0 Å². The van der Waals surface area contributed by atoms with E-state index in [2.05, 4.69) is 18.6 Å². The Hall–Kier alpha value is -1.55. The quantitative estimate of drug-likeness (QED) is 0.813. The van der Waals surface area contributed by atoms with Gasteiger partial charge in [0.1, 0.15) is 18.4 Å². The van der Waals surface area contributed by atoms with E-state index in [1.165, 1.54) is 7.11 Å². The minimum absolute atomic E-state index is 0.121. The number of ether oxygens (including phenoxy) is 2. The second-order valence-corrected chi connectivity index (χ2v) is 4.64. The molecule has 0 aliphatic rings. The van der Waals surface area contributed by atoms with Gasteiger partial charge in [-0.05, 0) is 30.0 Å². The summed E-state index contributed by atoms with van der Waals surface area (Å²) < 4.78 is 10.2. The van der Waals surface area contributed by atoms with E-state index in [-0.39, 0.29) is 6.61 Å². The first-order valence-electron chi connectivity index (χ1n) is 6.02. The Morgan fingerprint density at radius 2 is 2.06 bits per heavy atom. The van der Waals surface area contributed by atoms with Gasteiger partial charge in [-0.2, -0.15) is 0 Å². The van der Waals surface area contributed by atoms with E-state index in [0.717, 1.165) is 16.9 Å². The van der Waals surface area contributed by atoms with Crippen molar-refractivity contribution in [2.24, 2.45) is 5.73 Å². The number of nitrogens with two attached hydrogens (primary N) is 1. The highest BCUT2D eigenvalue weighted by atomic mass is 16.5. The summed E-state index contributed by atoms with van der Waals surface area (Å²) in [6.45, 7) is 6.31. The molecule has 0 saturated heterocycles. The second kappa shape index (κ2) is 6.40. The summed E-state index contributed by atoms with van der Waals surface area (Å²) in [7, 11) is 1.31. The van der Waals surface area contributed by atoms with Gasteiger partial charge in [0.05, 0.1) is 7.11 Å². The van der Waals surface area contributed by atoms with Crippen molar-refractivity contribution in [1.82, 2.24) is 0 Å². The van der Waals surface area contributed by atoms with E-state index in [9.17, 15) is 4.79 Å². The van der Waals surface area contributed by atoms with Crippen LogP contribution >= 0.6 is 0 Å². The fourth-order valence-electron chi connectivity index (χ4n) is 1.64. The highest BCUT2D eigenvalue weighted by molar-refractivity contribution is 5.75. The lowest BCUT2D eigenvalue weighted by molar-refractivity contribution is -0.142. The van der Waals surface area contributed by atoms with Gasteiger partial charge < -0.3 is 15.2 Å². The molecule has 0 aliphatic heterocycles. The zero-order valence-corrected chi connectivity index (χ0v) is 11.4. The minimum atomic E-state index is -0.754. The highest BCUT2D eigenvalue weighted by Gasteiger charge is 2.16. The zero-order chi connectivity index (χ0) is 13.7. The Bertz CT molecular complexity index is 416. The molecule has 4 nitrogen and oxygen atoms in total. The molecule has 1 aromatic carbocycles. The second-order valence-electron chi connectivity index (χ2n) is 4.64. The van der Waals surface area contributed by atoms with Gasteiger partial charge in [0, 0.05) is 0 Å². The van der Waals surface area contributed by atoms with Crippen molar-refractivity contribution < 1.29 is 14.3 Å². The Balaban J connectivity index is 2.77. The van der Waals surface area contributed by atoms with Crippen LogP contribution in [0.4, 0.5) is 0 Å². The van der Waals surface area contributed by atoms with Crippen LogP contribution in [0, 0.1) is 6.92 Å². The number of hydrogen-bond donors (Lipinski definition) is 1. The fraction of sp³-hybridized carbons (Fsp3) is 0.500. The molecule has 0 bridgehead atoms. The van der Waals surface area contributed by atoms with E-state index in [1.54, 1.807) is 0 Å². The van der Waals surface area contributed by atoms with Crippen LogP contribution in [0.1, 0.15) is 30.9 Å². The molecule has 18 heavy (non-hydrogen) atoms. The van der Waals surface area contributed by atoms with Gasteiger partial charge in [-0.25, -0.2) is 0 Å². The monoisotopic (exact) mass is 251 g/mol. The van der Waals surface area contributed by atoms with Crippen molar-refractivity contribution in [1.29, 1.82) is 0 Å². The summed E-state index contributed by atoms with van der Waals surface area (Å²) in [4.78, 5) is 11.2. The number of rotatable bonds is 5. The van der Waals surface area contributed by atoms with Gasteiger partial charge in [-0.3, -0.25) is 4.79 Å². The van der Waals surface area contributed by atoms with Crippen molar-refractivity contribution in [3.8, 4) is 5.75 Å². The van der Waals surface area contributed by atoms with E-state index in [1.807, 2.05) is 25.1 Å². The fourth-order valence-corrected chi connectivity index (χ4v) is 1.64. The molecule has 0 fully saturated rings. The third kappa shape index (κ3) is 3.74. The van der Waals surface area contributed by atoms with Crippen LogP contribution < -0.4 is 10.5 Å². The van der Waals surface area contributed by atoms with E-state index in [4.69, 9.17) is 10.5 Å². The summed E-state index contributed by atoms with van der Waals surface area (Å²) in [5.41, 5.74) is 7.86. The molecule has 4 heteroatoms. The summed E-state index contributed by atoms with van der Waals surface area (Å²) >= 11 is 0. The van der Waals surface area contributed by atoms with E-state index in [0.29, 0.717) is 5.92 Å². The molecule has 0 aliphatic carbocycles. The van der Waals surface area contributed by atoms with E-state index < -0.39 is 12.0 Å². The number of hydrogen-bond acceptors (Lipinski definition) is 4. The molecule has 1 aromatic rings. The van der Waals surface area contributed by atoms with Gasteiger partial charge in [0.2, 0.25) is 0 Å². The number of carbonyl (C=O) groups excluding carboxylic acids is 1. The Labute approximate surface area is 108 Å². The first-order valence-corrected chi connectivity index (χ1v) is 6.02. The topological polar surface area (TPSA) is 61.5 Å². The molecule has 1 atom stereocenters. The number of aryl methyl sites for hydroxylation is 1. The molecule has 0 amide bonds. The van der Waals surface area contributed by atoms with Crippen molar-refractivity contribution >= 4 is 5.97 Å². The SMILES string of the molecule is COC(=O)C(N)COc1cc(C)ccc1C(C)C. The minimum Gasteiger partial charge on any atom is -0.491 e. The molecule has 100 valence electrons. The maximum Gasteiger partial charge on any atom is 0.326 e. The molecule has 0 aromatic heterocycles. The van der Waals surface area contributed by atoms with Gasteiger partial charge in [0.15, 0.2) is 0 Å². The Morgan fingerprint density at radius 1 is 1.39 bits per heavy atom. The number of benzene rings is 1. The lowest BCUT2D eigenvalue weighted by Gasteiger charge is -2.16. The number of methoxy groups -OCH3 is 1. The highest BCUT2D eigenvalue weighted by Crippen LogP contribution is 2.27. The van der Waals surface area contributed by atoms with Gasteiger partial charge in [-0.15, -0.1) is 0 Å². The maximum atomic E-state index is 11.2. The third-order valence-electron chi connectivity index (χ3n) is 2.71. The predicted octanol–water partition coefficient (Wildman–Crippen LogP) is 2.00. The Morgan fingerprint density at radius 3 is 2.61 bits per heavy atom. The number of carbonyl (C=O) groups is 1. The van der Waals surface area contributed by atoms with Crippen LogP contribution in [0.15, 0.2) is 18.2 Å². The van der Waals surface area contributed by atoms with Crippen molar-refractivity contribution in [3.05, 3.63) is 29.3 Å². The van der Waals surface area contributed by atoms with Crippen molar-refractivity contribution in [2.75, 3.05) is 13.7 Å². The maximum absolute atomic E-state index is 11.2. The smallest absolute Gasteiger partial charge is 0.326 e. The molecule has 0 saturated carbocycles. The van der Waals surface area contributed by atoms with Crippen LogP contribution in [-0.2, 0) is 9.53 Å². The molecule has 0 heterocycles. The summed E-state index contributed by atoms with van der Waals surface area (Å²) in [5, 5.41) is 0. The molecule has 1 rings (SSSR count). The molecule has 1 unspecified atom stereocenters. The number of esters is 1. The molecule has 2 N–H and O–H groups in total. The molecular formula is C14H21NO3. The Kier molecular flexibility index (Phi) is 5.16. The summed E-state index contributed by atoms with van der Waals surface area (Å²) in [6.07, 6.45) is 0. The van der Waals surface area contributed by atoms with Crippen LogP contribution in [0.2, 0.25) is 0 Å². The van der Waals surface area contributed by atoms with Gasteiger partial charge in [0.25, 0.3) is 0 Å². The lowest BCUT2D eigenvalue weighted by atomic mass is 10.0. The van der Waals surface area contributed by atoms with Gasteiger partial charge >= 0.3 is 5.97 Å². The molecule has 0 spiro atoms. The largest absolute Gasteiger partial charge is 0.491 e. The summed E-state index contributed by atoms with van der Waals surface area (Å²) in [5.74, 6) is 0.674. The van der Waals surface area contributed by atoms with E-state index >= 15 is 0 Å². The van der Waals surface area contributed by atoms with Crippen molar-refractivity contribution in [2.45, 2.75) is 32.7 Å². The average molecular weight is 251 g/mol. The van der Waals surface area contributed by atoms with Crippen LogP contribution in [0.3, 0.4) is 0 Å².